The third-order valence-corrected chi connectivity index (χ3v) is 4.42. The molecule has 0 fully saturated rings. The summed E-state index contributed by atoms with van der Waals surface area (Å²) in [6, 6.07) is 21.3. The summed E-state index contributed by atoms with van der Waals surface area (Å²) in [5.74, 6) is -0.760. The number of hydrogen-bond acceptors (Lipinski definition) is 4. The van der Waals surface area contributed by atoms with Crippen molar-refractivity contribution < 1.29 is 14.3 Å². The van der Waals surface area contributed by atoms with Crippen LogP contribution in [0.4, 0.5) is 5.69 Å². The molecule has 0 aliphatic heterocycles. The minimum Gasteiger partial charge on any atom is -0.455 e. The van der Waals surface area contributed by atoms with Gasteiger partial charge in [-0.3, -0.25) is 9.59 Å². The molecule has 126 valence electrons. The molecular weight excluding hydrogens is 334 g/mol. The van der Waals surface area contributed by atoms with Crippen LogP contribution < -0.4 is 5.32 Å². The molecule has 2 aromatic carbocycles. The van der Waals surface area contributed by atoms with Crippen molar-refractivity contribution in [1.29, 1.82) is 0 Å². The van der Waals surface area contributed by atoms with Crippen LogP contribution in [0.2, 0.25) is 0 Å². The summed E-state index contributed by atoms with van der Waals surface area (Å²) in [7, 11) is 0. The normalized spacial score (nSPS) is 10.2. The lowest BCUT2D eigenvalue weighted by Crippen LogP contribution is -2.21. The Kier molecular flexibility index (Phi) is 5.59. The lowest BCUT2D eigenvalue weighted by Gasteiger charge is -2.07. The Hall–Kier alpha value is -2.92. The number of esters is 1. The van der Waals surface area contributed by atoms with E-state index < -0.39 is 5.97 Å². The van der Waals surface area contributed by atoms with Gasteiger partial charge in [0.05, 0.1) is 6.42 Å². The van der Waals surface area contributed by atoms with Crippen molar-refractivity contribution in [1.82, 2.24) is 0 Å². The van der Waals surface area contributed by atoms with Crippen LogP contribution in [0.3, 0.4) is 0 Å². The molecule has 4 nitrogen and oxygen atoms in total. The highest BCUT2D eigenvalue weighted by Crippen LogP contribution is 2.20. The molecule has 3 aromatic rings. The van der Waals surface area contributed by atoms with Crippen LogP contribution in [0.25, 0.3) is 11.1 Å². The highest BCUT2D eigenvalue weighted by atomic mass is 32.1. The monoisotopic (exact) mass is 351 g/mol. The number of carbonyl (C=O) groups is 2. The second-order valence-corrected chi connectivity index (χ2v) is 6.44. The first-order chi connectivity index (χ1) is 12.2. The number of thiophene rings is 1. The van der Waals surface area contributed by atoms with E-state index in [0.717, 1.165) is 16.0 Å². The molecule has 0 aliphatic rings. The lowest BCUT2D eigenvalue weighted by molar-refractivity contribution is -0.146. The first-order valence-electron chi connectivity index (χ1n) is 7.84. The fourth-order valence-corrected chi connectivity index (χ4v) is 3.02. The van der Waals surface area contributed by atoms with Gasteiger partial charge in [0.15, 0.2) is 6.61 Å². The summed E-state index contributed by atoms with van der Waals surface area (Å²) >= 11 is 1.49. The van der Waals surface area contributed by atoms with Crippen molar-refractivity contribution >= 4 is 28.9 Å². The second-order valence-electron chi connectivity index (χ2n) is 5.41. The molecule has 0 saturated carbocycles. The predicted octanol–water partition coefficient (Wildman–Crippen LogP) is 4.14. The average molecular weight is 351 g/mol. The van der Waals surface area contributed by atoms with Crippen LogP contribution in [0.5, 0.6) is 0 Å². The molecule has 5 heteroatoms. The number of anilines is 1. The lowest BCUT2D eigenvalue weighted by atomic mass is 10.1. The van der Waals surface area contributed by atoms with Gasteiger partial charge in [-0.05, 0) is 34.7 Å². The Balaban J connectivity index is 1.48. The zero-order valence-electron chi connectivity index (χ0n) is 13.5. The fourth-order valence-electron chi connectivity index (χ4n) is 2.33. The average Bonchev–Trinajstić information content (AvgIpc) is 3.14. The molecule has 1 N–H and O–H groups in total. The first kappa shape index (κ1) is 16.9. The maximum Gasteiger partial charge on any atom is 0.311 e. The Morgan fingerprint density at radius 2 is 1.60 bits per heavy atom. The molecule has 25 heavy (non-hydrogen) atoms. The third-order valence-electron chi connectivity index (χ3n) is 3.54. The minimum absolute atomic E-state index is 0.191. The molecule has 3 rings (SSSR count). The highest BCUT2D eigenvalue weighted by Gasteiger charge is 2.09. The topological polar surface area (TPSA) is 55.4 Å². The molecule has 0 unspecified atom stereocenters. The quantitative estimate of drug-likeness (QED) is 0.679. The molecule has 0 bridgehead atoms. The van der Waals surface area contributed by atoms with Crippen LogP contribution in [0, 0.1) is 0 Å². The Morgan fingerprint density at radius 1 is 0.880 bits per heavy atom. The highest BCUT2D eigenvalue weighted by molar-refractivity contribution is 7.10. The van der Waals surface area contributed by atoms with Crippen molar-refractivity contribution in [3.63, 3.8) is 0 Å². The van der Waals surface area contributed by atoms with Crippen molar-refractivity contribution in [3.8, 4) is 11.1 Å². The van der Waals surface area contributed by atoms with E-state index in [2.05, 4.69) is 5.32 Å². The zero-order chi connectivity index (χ0) is 17.5. The Labute approximate surface area is 150 Å². The standard InChI is InChI=1S/C20H17NO3S/c22-19(14-24-20(23)13-18-7-4-12-25-18)21-17-10-8-16(9-11-17)15-5-2-1-3-6-15/h1-12H,13-14H2,(H,21,22). The van der Waals surface area contributed by atoms with E-state index in [1.807, 2.05) is 72.1 Å². The number of hydrogen-bond donors (Lipinski definition) is 1. The molecule has 1 heterocycles. The smallest absolute Gasteiger partial charge is 0.311 e. The van der Waals surface area contributed by atoms with Gasteiger partial charge in [-0.1, -0.05) is 48.5 Å². The summed E-state index contributed by atoms with van der Waals surface area (Å²) in [5.41, 5.74) is 2.85. The van der Waals surface area contributed by atoms with E-state index >= 15 is 0 Å². The molecule has 0 radical (unpaired) electrons. The maximum absolute atomic E-state index is 11.9. The minimum atomic E-state index is -0.406. The van der Waals surface area contributed by atoms with Crippen LogP contribution in [-0.2, 0) is 20.7 Å². The first-order valence-corrected chi connectivity index (χ1v) is 8.72. The van der Waals surface area contributed by atoms with E-state index in [1.165, 1.54) is 11.3 Å². The van der Waals surface area contributed by atoms with Crippen LogP contribution in [0.1, 0.15) is 4.88 Å². The van der Waals surface area contributed by atoms with E-state index in [0.29, 0.717) is 5.69 Å². The summed E-state index contributed by atoms with van der Waals surface area (Å²) in [5, 5.41) is 4.62. The van der Waals surface area contributed by atoms with E-state index in [9.17, 15) is 9.59 Å². The Bertz CT molecular complexity index is 827. The SMILES string of the molecule is O=C(COC(=O)Cc1cccs1)Nc1ccc(-c2ccccc2)cc1. The molecule has 0 saturated heterocycles. The van der Waals surface area contributed by atoms with Gasteiger partial charge in [0, 0.05) is 10.6 Å². The van der Waals surface area contributed by atoms with Gasteiger partial charge in [0.25, 0.3) is 5.91 Å². The molecule has 0 atom stereocenters. The van der Waals surface area contributed by atoms with Gasteiger partial charge in [0.1, 0.15) is 0 Å². The number of carbonyl (C=O) groups excluding carboxylic acids is 2. The van der Waals surface area contributed by atoms with Crippen LogP contribution >= 0.6 is 11.3 Å². The van der Waals surface area contributed by atoms with Crippen LogP contribution in [0.15, 0.2) is 72.1 Å². The number of rotatable bonds is 6. The van der Waals surface area contributed by atoms with E-state index in [1.54, 1.807) is 0 Å². The van der Waals surface area contributed by atoms with Gasteiger partial charge in [0.2, 0.25) is 0 Å². The maximum atomic E-state index is 11.9. The van der Waals surface area contributed by atoms with Gasteiger partial charge in [-0.2, -0.15) is 0 Å². The van der Waals surface area contributed by atoms with Crippen molar-refractivity contribution in [2.24, 2.45) is 0 Å². The van der Waals surface area contributed by atoms with E-state index in [4.69, 9.17) is 4.74 Å². The van der Waals surface area contributed by atoms with Crippen molar-refractivity contribution in [2.45, 2.75) is 6.42 Å². The van der Waals surface area contributed by atoms with Crippen molar-refractivity contribution in [3.05, 3.63) is 77.0 Å². The molecule has 0 spiro atoms. The summed E-state index contributed by atoms with van der Waals surface area (Å²) in [6.07, 6.45) is 0.191. The molecule has 1 aromatic heterocycles. The van der Waals surface area contributed by atoms with Gasteiger partial charge in [-0.25, -0.2) is 0 Å². The number of benzene rings is 2. The Morgan fingerprint density at radius 3 is 2.28 bits per heavy atom. The van der Waals surface area contributed by atoms with E-state index in [-0.39, 0.29) is 18.9 Å². The summed E-state index contributed by atoms with van der Waals surface area (Å²) in [6.45, 7) is -0.287. The van der Waals surface area contributed by atoms with Gasteiger partial charge >= 0.3 is 5.97 Å². The number of nitrogens with one attached hydrogen (secondary N) is 1. The van der Waals surface area contributed by atoms with Crippen molar-refractivity contribution in [2.75, 3.05) is 11.9 Å². The molecule has 0 aliphatic carbocycles. The molecular formula is C20H17NO3S. The largest absolute Gasteiger partial charge is 0.455 e. The summed E-state index contributed by atoms with van der Waals surface area (Å²) < 4.78 is 5.00. The van der Waals surface area contributed by atoms with Gasteiger partial charge in [-0.15, -0.1) is 11.3 Å². The van der Waals surface area contributed by atoms with Crippen LogP contribution in [-0.4, -0.2) is 18.5 Å². The second kappa shape index (κ2) is 8.26. The molecule has 1 amide bonds. The third kappa shape index (κ3) is 5.02. The zero-order valence-corrected chi connectivity index (χ0v) is 14.3. The predicted molar refractivity (Wildman–Crippen MR) is 99.5 cm³/mol. The summed E-state index contributed by atoms with van der Waals surface area (Å²) in [4.78, 5) is 24.5. The van der Waals surface area contributed by atoms with Gasteiger partial charge < -0.3 is 10.1 Å². The number of amides is 1. The number of ether oxygens (including phenoxy) is 1. The fraction of sp³-hybridized carbons (Fsp3) is 0.100.